The van der Waals surface area contributed by atoms with Crippen LogP contribution in [0.2, 0.25) is 0 Å². The number of nitrogens with one attached hydrogen (secondary N) is 1. The highest BCUT2D eigenvalue weighted by Gasteiger charge is 2.22. The lowest BCUT2D eigenvalue weighted by Crippen LogP contribution is -2.31. The van der Waals surface area contributed by atoms with Gasteiger partial charge in [-0.1, -0.05) is 29.8 Å². The average Bonchev–Trinajstić information content (AvgIpc) is 2.49. The van der Waals surface area contributed by atoms with E-state index in [1.165, 1.54) is 27.8 Å². The summed E-state index contributed by atoms with van der Waals surface area (Å²) in [6, 6.07) is 13.5. The predicted molar refractivity (Wildman–Crippen MR) is 87.1 cm³/mol. The maximum Gasteiger partial charge on any atom is 0.119 e. The highest BCUT2D eigenvalue weighted by atomic mass is 16.5. The maximum absolute atomic E-state index is 5.64. The molecule has 0 spiro atoms. The molecule has 2 aromatic carbocycles. The van der Waals surface area contributed by atoms with E-state index in [0.717, 1.165) is 25.3 Å². The second-order valence-corrected chi connectivity index (χ2v) is 5.79. The molecule has 0 radical (unpaired) electrons. The molecule has 0 bridgehead atoms. The van der Waals surface area contributed by atoms with E-state index in [2.05, 4.69) is 55.6 Å². The van der Waals surface area contributed by atoms with Gasteiger partial charge < -0.3 is 10.1 Å². The molecule has 0 fully saturated rings. The maximum atomic E-state index is 5.64. The predicted octanol–water partition coefficient (Wildman–Crippen LogP) is 3.94. The van der Waals surface area contributed by atoms with Crippen LogP contribution in [0.25, 0.3) is 0 Å². The zero-order valence-corrected chi connectivity index (χ0v) is 13.1. The summed E-state index contributed by atoms with van der Waals surface area (Å²) < 4.78 is 5.64. The molecule has 1 N–H and O–H groups in total. The Morgan fingerprint density at radius 2 is 1.95 bits per heavy atom. The van der Waals surface area contributed by atoms with Crippen LogP contribution < -0.4 is 10.1 Å². The van der Waals surface area contributed by atoms with Crippen LogP contribution in [0.4, 0.5) is 0 Å². The molecule has 0 amide bonds. The lowest BCUT2D eigenvalue weighted by Gasteiger charge is -2.29. The number of benzene rings is 2. The fraction of sp³-hybridized carbons (Fsp3) is 0.368. The third kappa shape index (κ3) is 2.81. The first-order valence-electron chi connectivity index (χ1n) is 7.75. The van der Waals surface area contributed by atoms with Crippen molar-refractivity contribution in [2.75, 3.05) is 13.2 Å². The summed E-state index contributed by atoms with van der Waals surface area (Å²) in [7, 11) is 0. The molecule has 1 heterocycles. The van der Waals surface area contributed by atoms with Crippen molar-refractivity contribution >= 4 is 0 Å². The summed E-state index contributed by atoms with van der Waals surface area (Å²) in [6.07, 6.45) is 1.07. The number of aryl methyl sites for hydroxylation is 2. The molecule has 1 aliphatic rings. The second kappa shape index (κ2) is 5.90. The van der Waals surface area contributed by atoms with Crippen LogP contribution in [-0.4, -0.2) is 13.2 Å². The third-order valence-corrected chi connectivity index (χ3v) is 4.22. The summed E-state index contributed by atoms with van der Waals surface area (Å²) >= 11 is 0. The van der Waals surface area contributed by atoms with Gasteiger partial charge in [0, 0.05) is 6.54 Å². The van der Waals surface area contributed by atoms with Gasteiger partial charge in [-0.15, -0.1) is 0 Å². The fourth-order valence-corrected chi connectivity index (χ4v) is 3.15. The van der Waals surface area contributed by atoms with Crippen molar-refractivity contribution < 1.29 is 4.74 Å². The van der Waals surface area contributed by atoms with Crippen LogP contribution in [-0.2, 0) is 6.42 Å². The van der Waals surface area contributed by atoms with E-state index in [-0.39, 0.29) is 0 Å². The zero-order chi connectivity index (χ0) is 14.8. The molecular formula is C19H23NO. The van der Waals surface area contributed by atoms with Crippen LogP contribution >= 0.6 is 0 Å². The van der Waals surface area contributed by atoms with Crippen LogP contribution in [0.3, 0.4) is 0 Å². The number of hydrogen-bond acceptors (Lipinski definition) is 2. The Hall–Kier alpha value is -1.80. The Kier molecular flexibility index (Phi) is 3.98. The molecule has 0 aromatic heterocycles. The second-order valence-electron chi connectivity index (χ2n) is 5.79. The largest absolute Gasteiger partial charge is 0.494 e. The minimum Gasteiger partial charge on any atom is -0.494 e. The first kappa shape index (κ1) is 14.2. The Morgan fingerprint density at radius 3 is 2.76 bits per heavy atom. The van der Waals surface area contributed by atoms with Crippen molar-refractivity contribution in [2.45, 2.75) is 33.2 Å². The molecule has 21 heavy (non-hydrogen) atoms. The van der Waals surface area contributed by atoms with Crippen molar-refractivity contribution in [1.29, 1.82) is 0 Å². The van der Waals surface area contributed by atoms with Gasteiger partial charge in [-0.25, -0.2) is 0 Å². The molecule has 2 nitrogen and oxygen atoms in total. The minimum atomic E-state index is 0.296. The van der Waals surface area contributed by atoms with Crippen LogP contribution in [0.5, 0.6) is 5.75 Å². The average molecular weight is 281 g/mol. The number of hydrogen-bond donors (Lipinski definition) is 1. The van der Waals surface area contributed by atoms with Gasteiger partial charge >= 0.3 is 0 Å². The summed E-state index contributed by atoms with van der Waals surface area (Å²) in [5, 5.41) is 3.67. The van der Waals surface area contributed by atoms with Crippen LogP contribution in [0.1, 0.15) is 40.8 Å². The van der Waals surface area contributed by atoms with Crippen molar-refractivity contribution in [2.24, 2.45) is 0 Å². The quantitative estimate of drug-likeness (QED) is 0.920. The Labute approximate surface area is 127 Å². The number of rotatable bonds is 3. The molecule has 2 aromatic rings. The fourth-order valence-electron chi connectivity index (χ4n) is 3.15. The Bertz CT molecular complexity index is 648. The van der Waals surface area contributed by atoms with E-state index in [0.29, 0.717) is 6.04 Å². The van der Waals surface area contributed by atoms with Crippen molar-refractivity contribution in [3.8, 4) is 5.75 Å². The van der Waals surface area contributed by atoms with E-state index in [4.69, 9.17) is 4.74 Å². The molecule has 1 unspecified atom stereocenters. The van der Waals surface area contributed by atoms with Gasteiger partial charge in [-0.3, -0.25) is 0 Å². The van der Waals surface area contributed by atoms with Crippen molar-refractivity contribution in [3.05, 3.63) is 64.2 Å². The first-order valence-corrected chi connectivity index (χ1v) is 7.75. The van der Waals surface area contributed by atoms with Gasteiger partial charge in [0.2, 0.25) is 0 Å². The van der Waals surface area contributed by atoms with E-state index >= 15 is 0 Å². The molecule has 0 saturated carbocycles. The number of ether oxygens (including phenoxy) is 1. The van der Waals surface area contributed by atoms with E-state index in [1.54, 1.807) is 0 Å². The normalized spacial score (nSPS) is 17.4. The molecule has 3 rings (SSSR count). The van der Waals surface area contributed by atoms with Gasteiger partial charge in [-0.05, 0) is 61.6 Å². The molecule has 2 heteroatoms. The SMILES string of the molecule is CCOc1ccc2c(c1)CCNC2c1cc(C)ccc1C. The Balaban J connectivity index is 2.02. The van der Waals surface area contributed by atoms with Gasteiger partial charge in [-0.2, -0.15) is 0 Å². The van der Waals surface area contributed by atoms with Crippen LogP contribution in [0.15, 0.2) is 36.4 Å². The molecule has 110 valence electrons. The van der Waals surface area contributed by atoms with Crippen LogP contribution in [0, 0.1) is 13.8 Å². The molecule has 1 aliphatic heterocycles. The first-order chi connectivity index (χ1) is 10.2. The standard InChI is InChI=1S/C19H23NO/c1-4-21-16-7-8-17-15(12-16)9-10-20-19(17)18-11-13(2)5-6-14(18)3/h5-8,11-12,19-20H,4,9-10H2,1-3H3. The lowest BCUT2D eigenvalue weighted by atomic mass is 9.87. The third-order valence-electron chi connectivity index (χ3n) is 4.22. The van der Waals surface area contributed by atoms with Gasteiger partial charge in [0.25, 0.3) is 0 Å². The Morgan fingerprint density at radius 1 is 1.10 bits per heavy atom. The van der Waals surface area contributed by atoms with Gasteiger partial charge in [0.05, 0.1) is 12.6 Å². The number of fused-ring (bicyclic) bond motifs is 1. The highest BCUT2D eigenvalue weighted by molar-refractivity contribution is 5.46. The van der Waals surface area contributed by atoms with Gasteiger partial charge in [0.1, 0.15) is 5.75 Å². The lowest BCUT2D eigenvalue weighted by molar-refractivity contribution is 0.339. The monoisotopic (exact) mass is 281 g/mol. The smallest absolute Gasteiger partial charge is 0.119 e. The molecule has 0 saturated heterocycles. The van der Waals surface area contributed by atoms with E-state index < -0.39 is 0 Å². The highest BCUT2D eigenvalue weighted by Crippen LogP contribution is 2.33. The van der Waals surface area contributed by atoms with Crippen molar-refractivity contribution in [1.82, 2.24) is 5.32 Å². The van der Waals surface area contributed by atoms with Gasteiger partial charge in [0.15, 0.2) is 0 Å². The summed E-state index contributed by atoms with van der Waals surface area (Å²) in [5.74, 6) is 0.984. The zero-order valence-electron chi connectivity index (χ0n) is 13.1. The summed E-state index contributed by atoms with van der Waals surface area (Å²) in [6.45, 7) is 8.11. The summed E-state index contributed by atoms with van der Waals surface area (Å²) in [5.41, 5.74) is 6.85. The van der Waals surface area contributed by atoms with Crippen molar-refractivity contribution in [3.63, 3.8) is 0 Å². The van der Waals surface area contributed by atoms with E-state index in [1.807, 2.05) is 6.92 Å². The minimum absolute atomic E-state index is 0.296. The molecule has 1 atom stereocenters. The summed E-state index contributed by atoms with van der Waals surface area (Å²) in [4.78, 5) is 0. The topological polar surface area (TPSA) is 21.3 Å². The molecule has 0 aliphatic carbocycles. The van der Waals surface area contributed by atoms with E-state index in [9.17, 15) is 0 Å². The molecular weight excluding hydrogens is 258 g/mol.